The van der Waals surface area contributed by atoms with Crippen molar-refractivity contribution in [3.8, 4) is 17.2 Å². The molecule has 6 rings (SSSR count). The fourth-order valence-corrected chi connectivity index (χ4v) is 6.15. The molecule has 8 nitrogen and oxygen atoms in total. The third-order valence-corrected chi connectivity index (χ3v) is 8.09. The van der Waals surface area contributed by atoms with E-state index in [1.165, 1.54) is 35.7 Å². The third kappa shape index (κ3) is 6.77. The van der Waals surface area contributed by atoms with Gasteiger partial charge in [0.25, 0.3) is 5.91 Å². The maximum Gasteiger partial charge on any atom is 0.257 e. The number of nitrogens with one attached hydrogen (secondary N) is 1. The van der Waals surface area contributed by atoms with Crippen LogP contribution in [0.2, 0.25) is 0 Å². The Morgan fingerprint density at radius 3 is 2.53 bits per heavy atom. The fraction of sp³-hybridized carbons (Fsp3) is 0.500. The van der Waals surface area contributed by atoms with Gasteiger partial charge in [0.05, 0.1) is 11.8 Å². The zero-order chi connectivity index (χ0) is 31.1. The van der Waals surface area contributed by atoms with E-state index >= 15 is 0 Å². The number of anilines is 1. The smallest absolute Gasteiger partial charge is 0.257 e. The average molecular weight is 592 g/mol. The molecule has 2 aromatic carbocycles. The van der Waals surface area contributed by atoms with Crippen LogP contribution in [0.3, 0.4) is 0 Å². The largest absolute Gasteiger partial charge is 0.490 e. The molecule has 9 heteroatoms. The number of carbonyl (C=O) groups is 1. The molecule has 0 radical (unpaired) electrons. The van der Waals surface area contributed by atoms with Gasteiger partial charge in [0.1, 0.15) is 29.7 Å². The maximum atomic E-state index is 14.2. The molecule has 1 saturated carbocycles. The summed E-state index contributed by atoms with van der Waals surface area (Å²) in [4.78, 5) is 25.8. The van der Waals surface area contributed by atoms with Crippen molar-refractivity contribution in [1.82, 2.24) is 20.2 Å². The Labute approximate surface area is 255 Å². The molecule has 0 unspecified atom stereocenters. The lowest BCUT2D eigenvalue weighted by atomic mass is 9.61. The van der Waals surface area contributed by atoms with E-state index in [4.69, 9.17) is 9.47 Å². The first-order valence-electron chi connectivity index (χ1n) is 15.7. The number of carbonyl (C=O) groups excluding carboxylic acids is 1. The predicted molar refractivity (Wildman–Crippen MR) is 168 cm³/mol. The van der Waals surface area contributed by atoms with Gasteiger partial charge in [-0.15, -0.1) is 0 Å². The highest BCUT2D eigenvalue weighted by atomic mass is 19.1. The van der Waals surface area contributed by atoms with E-state index in [-0.39, 0.29) is 34.8 Å². The Balaban J connectivity index is 0.00000102. The van der Waals surface area contributed by atoms with Gasteiger partial charge in [0.15, 0.2) is 11.6 Å². The number of halogens is 1. The van der Waals surface area contributed by atoms with Crippen LogP contribution < -0.4 is 19.7 Å². The number of ether oxygens (including phenoxy) is 2. The second kappa shape index (κ2) is 14.2. The highest BCUT2D eigenvalue weighted by Crippen LogP contribution is 2.52. The Hall–Kier alpha value is -3.72. The van der Waals surface area contributed by atoms with Crippen LogP contribution in [0.15, 0.2) is 48.9 Å². The lowest BCUT2D eigenvalue weighted by Gasteiger charge is -2.59. The molecule has 2 aliphatic heterocycles. The molecule has 232 valence electrons. The number of nitrogens with zero attached hydrogens (tertiary/aromatic N) is 4. The molecule has 1 aromatic heterocycles. The second-order valence-corrected chi connectivity index (χ2v) is 11.1. The summed E-state index contributed by atoms with van der Waals surface area (Å²) in [6.07, 6.45) is 5.32. The van der Waals surface area contributed by atoms with Crippen LogP contribution in [0.4, 0.5) is 10.2 Å². The van der Waals surface area contributed by atoms with Crippen LogP contribution in [-0.2, 0) is 13.1 Å². The van der Waals surface area contributed by atoms with E-state index in [2.05, 4.69) is 38.4 Å². The number of amides is 1. The van der Waals surface area contributed by atoms with Crippen molar-refractivity contribution >= 4 is 11.7 Å². The molecule has 43 heavy (non-hydrogen) atoms. The molecule has 1 aliphatic carbocycles. The van der Waals surface area contributed by atoms with Crippen molar-refractivity contribution in [2.45, 2.75) is 86.5 Å². The molecule has 1 N–H and O–H groups in total. The summed E-state index contributed by atoms with van der Waals surface area (Å²) in [6.45, 7) is 17.7. The van der Waals surface area contributed by atoms with Crippen LogP contribution in [-0.4, -0.2) is 52.6 Å². The zero-order valence-electron chi connectivity index (χ0n) is 26.6. The van der Waals surface area contributed by atoms with Gasteiger partial charge >= 0.3 is 0 Å². The van der Waals surface area contributed by atoms with Gasteiger partial charge in [-0.1, -0.05) is 39.8 Å². The van der Waals surface area contributed by atoms with Gasteiger partial charge in [-0.05, 0) is 63.4 Å². The summed E-state index contributed by atoms with van der Waals surface area (Å²) in [6, 6.07) is 10.3. The summed E-state index contributed by atoms with van der Waals surface area (Å²) >= 11 is 0. The normalized spacial score (nSPS) is 16.2. The highest BCUT2D eigenvalue weighted by Gasteiger charge is 2.54. The Morgan fingerprint density at radius 2 is 1.84 bits per heavy atom. The summed E-state index contributed by atoms with van der Waals surface area (Å²) in [5.41, 5.74) is 3.00. The molecular weight excluding hydrogens is 545 g/mol. The summed E-state index contributed by atoms with van der Waals surface area (Å²) < 4.78 is 26.8. The molecule has 2 fully saturated rings. The van der Waals surface area contributed by atoms with E-state index in [9.17, 15) is 9.18 Å². The molecule has 3 aliphatic rings. The van der Waals surface area contributed by atoms with Crippen LogP contribution >= 0.6 is 0 Å². The minimum atomic E-state index is -0.488. The number of fused-ring (bicyclic) bond motifs is 1. The molecule has 1 spiro atoms. The van der Waals surface area contributed by atoms with Gasteiger partial charge in [-0.2, -0.15) is 0 Å². The summed E-state index contributed by atoms with van der Waals surface area (Å²) in [5.74, 6) is 1.64. The Morgan fingerprint density at radius 1 is 1.09 bits per heavy atom. The molecular formula is C34H46FN5O3. The van der Waals surface area contributed by atoms with Crippen molar-refractivity contribution in [2.75, 3.05) is 24.5 Å². The van der Waals surface area contributed by atoms with E-state index < -0.39 is 5.82 Å². The Kier molecular flexibility index (Phi) is 10.6. The molecule has 1 amide bonds. The lowest BCUT2D eigenvalue weighted by Crippen LogP contribution is -2.65. The number of rotatable bonds is 8. The fourth-order valence-electron chi connectivity index (χ4n) is 6.15. The quantitative estimate of drug-likeness (QED) is 0.303. The SMILES string of the molecule is CC.CC.CCN(C(=O)c1cc(F)ccc1Oc1cncnc1N1CC2(CC(Oc3cccc4c3CNC4)C2)C1)C(C)C. The van der Waals surface area contributed by atoms with Crippen LogP contribution in [0.5, 0.6) is 17.2 Å². The van der Waals surface area contributed by atoms with E-state index in [0.717, 1.165) is 44.8 Å². The highest BCUT2D eigenvalue weighted by molar-refractivity contribution is 5.97. The maximum absolute atomic E-state index is 14.2. The third-order valence-electron chi connectivity index (χ3n) is 8.09. The van der Waals surface area contributed by atoms with Gasteiger partial charge < -0.3 is 24.6 Å². The van der Waals surface area contributed by atoms with Crippen molar-refractivity contribution in [3.63, 3.8) is 0 Å². The number of aromatic nitrogens is 2. The summed E-state index contributed by atoms with van der Waals surface area (Å²) in [5, 5.41) is 3.40. The number of benzene rings is 2. The van der Waals surface area contributed by atoms with Crippen LogP contribution in [0, 0.1) is 11.2 Å². The standard InChI is InChI=1S/C30H34FN5O3.2C2H6/c1-4-36(19(2)3)29(37)23-10-21(31)8-9-26(23)39-27-15-33-18-34-28(27)35-16-30(17-35)11-22(12-30)38-25-7-5-6-20-13-32-14-24(20)25;2*1-2/h5-10,15,18-19,22,32H,4,11-14,16-17H2,1-3H3;2*1-2H3. The second-order valence-electron chi connectivity index (χ2n) is 11.1. The van der Waals surface area contributed by atoms with Gasteiger partial charge in [-0.3, -0.25) is 4.79 Å². The van der Waals surface area contributed by atoms with E-state index in [1.807, 2.05) is 48.5 Å². The van der Waals surface area contributed by atoms with Crippen molar-refractivity contribution in [1.29, 1.82) is 0 Å². The van der Waals surface area contributed by atoms with E-state index in [0.29, 0.717) is 18.1 Å². The first-order chi connectivity index (χ1) is 20.9. The lowest BCUT2D eigenvalue weighted by molar-refractivity contribution is -0.0348. The predicted octanol–water partition coefficient (Wildman–Crippen LogP) is 6.98. The van der Waals surface area contributed by atoms with Gasteiger partial charge in [0, 0.05) is 49.7 Å². The Bertz CT molecular complexity index is 1380. The number of hydrogen-bond acceptors (Lipinski definition) is 7. The molecule has 1 saturated heterocycles. The minimum Gasteiger partial charge on any atom is -0.490 e. The monoisotopic (exact) mass is 591 g/mol. The van der Waals surface area contributed by atoms with Crippen molar-refractivity contribution < 1.29 is 18.7 Å². The molecule has 0 bridgehead atoms. The first-order valence-corrected chi connectivity index (χ1v) is 15.7. The molecule has 0 atom stereocenters. The van der Waals surface area contributed by atoms with Crippen molar-refractivity contribution in [3.05, 3.63) is 71.4 Å². The number of hydrogen-bond donors (Lipinski definition) is 1. The van der Waals surface area contributed by atoms with Crippen LogP contribution in [0.1, 0.15) is 82.8 Å². The topological polar surface area (TPSA) is 79.8 Å². The van der Waals surface area contributed by atoms with Crippen molar-refractivity contribution in [2.24, 2.45) is 5.41 Å². The van der Waals surface area contributed by atoms with Gasteiger partial charge in [0.2, 0.25) is 0 Å². The van der Waals surface area contributed by atoms with Gasteiger partial charge in [-0.25, -0.2) is 14.4 Å². The average Bonchev–Trinajstić information content (AvgIpc) is 3.47. The minimum absolute atomic E-state index is 0.0266. The molecule has 3 heterocycles. The van der Waals surface area contributed by atoms with E-state index in [1.54, 1.807) is 11.1 Å². The summed E-state index contributed by atoms with van der Waals surface area (Å²) in [7, 11) is 0. The first kappa shape index (κ1) is 32.2. The molecule has 3 aromatic rings. The zero-order valence-corrected chi connectivity index (χ0v) is 26.6. The van der Waals surface area contributed by atoms with Crippen LogP contribution in [0.25, 0.3) is 0 Å².